The molecule has 0 saturated carbocycles. The Labute approximate surface area is 170 Å². The fraction of sp³-hybridized carbons (Fsp3) is 0.364. The minimum atomic E-state index is -0.360. The third-order valence-corrected chi connectivity index (χ3v) is 5.76. The number of hydrogen-bond acceptors (Lipinski definition) is 3. The van der Waals surface area contributed by atoms with Crippen molar-refractivity contribution < 1.29 is 9.59 Å². The van der Waals surface area contributed by atoms with Gasteiger partial charge in [-0.05, 0) is 67.6 Å². The number of allylic oxidation sites excluding steroid dienone is 3. The first-order valence-electron chi connectivity index (χ1n) is 9.83. The number of aryl methyl sites for hydroxylation is 1. The molecule has 1 aliphatic heterocycles. The summed E-state index contributed by atoms with van der Waals surface area (Å²) in [5.74, 6) is -0.450. The van der Waals surface area contributed by atoms with E-state index < -0.39 is 0 Å². The molecular weight excluding hydrogens is 370 g/mol. The first-order valence-corrected chi connectivity index (χ1v) is 10.2. The molecule has 2 amide bonds. The Morgan fingerprint density at radius 3 is 3.00 bits per heavy atom. The minimum Gasteiger partial charge on any atom is -0.326 e. The van der Waals surface area contributed by atoms with E-state index >= 15 is 0 Å². The predicted octanol–water partition coefficient (Wildman–Crippen LogP) is 3.59. The molecule has 0 saturated heterocycles. The van der Waals surface area contributed by atoms with Crippen molar-refractivity contribution in [2.45, 2.75) is 38.5 Å². The summed E-state index contributed by atoms with van der Waals surface area (Å²) in [6.45, 7) is 0.406. The van der Waals surface area contributed by atoms with Gasteiger partial charge >= 0.3 is 0 Å². The van der Waals surface area contributed by atoms with Crippen molar-refractivity contribution in [3.05, 3.63) is 53.6 Å². The van der Waals surface area contributed by atoms with Crippen LogP contribution >= 0.6 is 12.2 Å². The summed E-state index contributed by atoms with van der Waals surface area (Å²) >= 11 is 5.28. The van der Waals surface area contributed by atoms with E-state index in [0.717, 1.165) is 18.5 Å². The molecule has 1 atom stereocenters. The molecule has 1 heterocycles. The predicted molar refractivity (Wildman–Crippen MR) is 114 cm³/mol. The number of hydrogen-bond donors (Lipinski definition) is 1. The smallest absolute Gasteiger partial charge is 0.241 e. The van der Waals surface area contributed by atoms with Crippen molar-refractivity contribution in [1.29, 1.82) is 0 Å². The molecule has 0 spiro atoms. The van der Waals surface area contributed by atoms with Crippen molar-refractivity contribution in [3.63, 3.8) is 0 Å². The highest BCUT2D eigenvalue weighted by Gasteiger charge is 2.33. The van der Waals surface area contributed by atoms with Gasteiger partial charge < -0.3 is 5.32 Å². The average Bonchev–Trinajstić information content (AvgIpc) is 2.71. The van der Waals surface area contributed by atoms with E-state index in [1.807, 2.05) is 36.4 Å². The molecule has 28 heavy (non-hydrogen) atoms. The standard InChI is InChI=1S/C22H23N3O2S/c26-20(23-18-12-5-8-15-7-1-2-9-16(15)18)13-6-14-25-21(27)17-10-3-4-11-19(17)24-22(25)28/h3-5,8,10-12,17H,1-2,6-7,9,13-14H2,(H,23,26). The largest absolute Gasteiger partial charge is 0.326 e. The summed E-state index contributed by atoms with van der Waals surface area (Å²) in [6, 6.07) is 6.13. The van der Waals surface area contributed by atoms with Gasteiger partial charge in [0, 0.05) is 18.7 Å². The number of carbonyl (C=O) groups excluding carboxylic acids is 2. The second kappa shape index (κ2) is 8.19. The molecule has 0 fully saturated rings. The normalized spacial score (nSPS) is 20.5. The van der Waals surface area contributed by atoms with Crippen LogP contribution in [0.4, 0.5) is 5.69 Å². The molecular formula is C22H23N3O2S. The molecule has 144 valence electrons. The van der Waals surface area contributed by atoms with Gasteiger partial charge in [-0.15, -0.1) is 0 Å². The number of benzene rings is 1. The molecule has 0 bridgehead atoms. The number of aliphatic imine (C=N–C) groups is 1. The van der Waals surface area contributed by atoms with Gasteiger partial charge in [0.25, 0.3) is 0 Å². The summed E-state index contributed by atoms with van der Waals surface area (Å²) in [5.41, 5.74) is 4.24. The van der Waals surface area contributed by atoms with Gasteiger partial charge in [-0.2, -0.15) is 0 Å². The lowest BCUT2D eigenvalue weighted by Crippen LogP contribution is -2.46. The van der Waals surface area contributed by atoms with Crippen molar-refractivity contribution in [3.8, 4) is 0 Å². The van der Waals surface area contributed by atoms with Crippen LogP contribution in [0.25, 0.3) is 0 Å². The van der Waals surface area contributed by atoms with E-state index in [1.54, 1.807) is 0 Å². The Morgan fingerprint density at radius 1 is 1.25 bits per heavy atom. The average molecular weight is 394 g/mol. The van der Waals surface area contributed by atoms with Crippen LogP contribution in [0.1, 0.15) is 36.8 Å². The van der Waals surface area contributed by atoms with Crippen molar-refractivity contribution in [2.24, 2.45) is 10.9 Å². The molecule has 1 aromatic rings. The Hall–Kier alpha value is -2.60. The number of rotatable bonds is 5. The maximum atomic E-state index is 12.7. The lowest BCUT2D eigenvalue weighted by Gasteiger charge is -2.30. The van der Waals surface area contributed by atoms with Gasteiger partial charge in [0.1, 0.15) is 0 Å². The van der Waals surface area contributed by atoms with Gasteiger partial charge in [-0.3, -0.25) is 14.5 Å². The molecule has 1 N–H and O–H groups in total. The zero-order valence-corrected chi connectivity index (χ0v) is 16.5. The van der Waals surface area contributed by atoms with Crippen molar-refractivity contribution in [1.82, 2.24) is 4.90 Å². The van der Waals surface area contributed by atoms with Gasteiger partial charge in [0.2, 0.25) is 16.9 Å². The van der Waals surface area contributed by atoms with Crippen LogP contribution in [-0.2, 0) is 22.4 Å². The van der Waals surface area contributed by atoms with Crippen LogP contribution in [0.3, 0.4) is 0 Å². The first-order chi connectivity index (χ1) is 13.6. The van der Waals surface area contributed by atoms with Crippen molar-refractivity contribution in [2.75, 3.05) is 11.9 Å². The highest BCUT2D eigenvalue weighted by Crippen LogP contribution is 2.28. The molecule has 0 aromatic heterocycles. The third kappa shape index (κ3) is 3.83. The number of carbonyl (C=O) groups is 2. The second-order valence-corrected chi connectivity index (χ2v) is 7.70. The van der Waals surface area contributed by atoms with Crippen LogP contribution < -0.4 is 5.32 Å². The molecule has 1 unspecified atom stereocenters. The lowest BCUT2D eigenvalue weighted by molar-refractivity contribution is -0.128. The van der Waals surface area contributed by atoms with Gasteiger partial charge in [0.15, 0.2) is 0 Å². The lowest BCUT2D eigenvalue weighted by atomic mass is 9.90. The van der Waals surface area contributed by atoms with Gasteiger partial charge in [0.05, 0.1) is 11.6 Å². The van der Waals surface area contributed by atoms with E-state index in [-0.39, 0.29) is 22.8 Å². The first kappa shape index (κ1) is 18.7. The number of fused-ring (bicyclic) bond motifs is 2. The highest BCUT2D eigenvalue weighted by molar-refractivity contribution is 7.80. The van der Waals surface area contributed by atoms with Crippen LogP contribution in [0.2, 0.25) is 0 Å². The summed E-state index contributed by atoms with van der Waals surface area (Å²) < 4.78 is 0. The Kier molecular flexibility index (Phi) is 5.48. The number of thiocarbonyl (C=S) groups is 1. The van der Waals surface area contributed by atoms with Gasteiger partial charge in [-0.25, -0.2) is 4.99 Å². The van der Waals surface area contributed by atoms with E-state index in [2.05, 4.69) is 16.4 Å². The molecule has 2 aliphatic carbocycles. The topological polar surface area (TPSA) is 61.8 Å². The van der Waals surface area contributed by atoms with E-state index in [9.17, 15) is 9.59 Å². The third-order valence-electron chi connectivity index (χ3n) is 5.44. The van der Waals surface area contributed by atoms with Crippen LogP contribution in [-0.4, -0.2) is 34.1 Å². The number of nitrogens with one attached hydrogen (secondary N) is 1. The fourth-order valence-electron chi connectivity index (χ4n) is 3.99. The number of amides is 2. The molecule has 3 aliphatic rings. The van der Waals surface area contributed by atoms with Crippen LogP contribution in [0, 0.1) is 5.92 Å². The molecule has 5 nitrogen and oxygen atoms in total. The number of nitrogens with zero attached hydrogens (tertiary/aromatic N) is 2. The Morgan fingerprint density at radius 2 is 2.11 bits per heavy atom. The van der Waals surface area contributed by atoms with Crippen LogP contribution in [0.15, 0.2) is 47.5 Å². The zero-order chi connectivity index (χ0) is 19.5. The van der Waals surface area contributed by atoms with E-state index in [0.29, 0.717) is 25.1 Å². The summed E-state index contributed by atoms with van der Waals surface area (Å²) in [4.78, 5) is 31.0. The minimum absolute atomic E-state index is 0.0287. The second-order valence-electron chi connectivity index (χ2n) is 7.33. The number of anilines is 1. The SMILES string of the molecule is O=C(CCCN1C(=O)C2C=CC=CC2=NC1=S)Nc1cccc2c1CCCC2. The van der Waals surface area contributed by atoms with E-state index in [4.69, 9.17) is 12.2 Å². The maximum Gasteiger partial charge on any atom is 0.241 e. The van der Waals surface area contributed by atoms with E-state index in [1.165, 1.54) is 28.9 Å². The highest BCUT2D eigenvalue weighted by atomic mass is 32.1. The van der Waals surface area contributed by atoms with Gasteiger partial charge in [-0.1, -0.05) is 30.4 Å². The van der Waals surface area contributed by atoms with Crippen molar-refractivity contribution >= 4 is 40.5 Å². The zero-order valence-electron chi connectivity index (χ0n) is 15.7. The summed E-state index contributed by atoms with van der Waals surface area (Å²) in [7, 11) is 0. The monoisotopic (exact) mass is 393 g/mol. The Bertz CT molecular complexity index is 916. The quantitative estimate of drug-likeness (QED) is 0.778. The molecule has 1 aromatic carbocycles. The maximum absolute atomic E-state index is 12.7. The molecule has 0 radical (unpaired) electrons. The molecule has 4 rings (SSSR count). The summed E-state index contributed by atoms with van der Waals surface area (Å²) in [6.07, 6.45) is 12.7. The molecule has 6 heteroatoms. The van der Waals surface area contributed by atoms with Crippen LogP contribution in [0.5, 0.6) is 0 Å². The fourth-order valence-corrected chi connectivity index (χ4v) is 4.28. The summed E-state index contributed by atoms with van der Waals surface area (Å²) in [5, 5.41) is 3.34. The Balaban J connectivity index is 1.33.